The van der Waals surface area contributed by atoms with Crippen LogP contribution in [0.1, 0.15) is 53.8 Å². The fourth-order valence-electron chi connectivity index (χ4n) is 6.06. The van der Waals surface area contributed by atoms with Crippen molar-refractivity contribution in [3.63, 3.8) is 0 Å². The summed E-state index contributed by atoms with van der Waals surface area (Å²) in [6, 6.07) is 4.75. The molecule has 2 atom stereocenters. The number of aromatic nitrogens is 3. The average Bonchev–Trinajstić information content (AvgIpc) is 3.01. The van der Waals surface area contributed by atoms with Gasteiger partial charge in [0.25, 0.3) is 5.91 Å². The number of rotatable bonds is 2. The number of nitrogens with one attached hydrogen (secondary N) is 1. The number of hydrogen-bond acceptors (Lipinski definition) is 4. The molecule has 2 aromatic rings. The van der Waals surface area contributed by atoms with Gasteiger partial charge in [-0.05, 0) is 69.8 Å². The number of fused-ring (bicyclic) bond motifs is 1. The minimum absolute atomic E-state index is 0.0824. The standard InChI is InChI=1S/C20H23N5O/c1-11-3-12(2)25-18(23-11)16(9-22-25)19(26)24-17-14-4-13-5-15(17)8-20(6-13,7-14)10-21/h3,9,13-15,17H,4-8H2,1-2H3,(H,24,26). The molecule has 4 bridgehead atoms. The SMILES string of the molecule is Cc1cc(C)n2ncc(C(=O)NC3C4CC5CC3CC(C#N)(C5)C4)c2n1. The number of hydrogen-bond donors (Lipinski definition) is 1. The van der Waals surface area contributed by atoms with E-state index in [9.17, 15) is 10.1 Å². The van der Waals surface area contributed by atoms with Crippen LogP contribution in [0.3, 0.4) is 0 Å². The zero-order valence-electron chi connectivity index (χ0n) is 15.2. The van der Waals surface area contributed by atoms with Gasteiger partial charge < -0.3 is 5.32 Å². The van der Waals surface area contributed by atoms with Gasteiger partial charge in [0.15, 0.2) is 5.65 Å². The Balaban J connectivity index is 1.43. The third-order valence-corrected chi connectivity index (χ3v) is 6.83. The van der Waals surface area contributed by atoms with Crippen LogP contribution in [-0.4, -0.2) is 26.5 Å². The molecule has 26 heavy (non-hydrogen) atoms. The summed E-state index contributed by atoms with van der Waals surface area (Å²) in [7, 11) is 0. The van der Waals surface area contributed by atoms with Crippen molar-refractivity contribution in [3.05, 3.63) is 29.2 Å². The van der Waals surface area contributed by atoms with Gasteiger partial charge in [0, 0.05) is 17.4 Å². The first-order chi connectivity index (χ1) is 12.5. The van der Waals surface area contributed by atoms with Gasteiger partial charge in [0.2, 0.25) is 0 Å². The molecule has 4 fully saturated rings. The minimum atomic E-state index is -0.127. The zero-order chi connectivity index (χ0) is 18.1. The third kappa shape index (κ3) is 2.19. The highest BCUT2D eigenvalue weighted by Crippen LogP contribution is 2.59. The van der Waals surface area contributed by atoms with Crippen molar-refractivity contribution in [2.75, 3.05) is 0 Å². The summed E-state index contributed by atoms with van der Waals surface area (Å²) in [5.41, 5.74) is 2.89. The van der Waals surface area contributed by atoms with Gasteiger partial charge in [-0.3, -0.25) is 4.79 Å². The molecule has 0 aliphatic heterocycles. The summed E-state index contributed by atoms with van der Waals surface area (Å²) >= 11 is 0. The molecule has 4 aliphatic rings. The molecule has 1 N–H and O–H groups in total. The number of aryl methyl sites for hydroxylation is 2. The van der Waals surface area contributed by atoms with Gasteiger partial charge in [-0.15, -0.1) is 0 Å². The summed E-state index contributed by atoms with van der Waals surface area (Å²) in [6.07, 6.45) is 6.86. The van der Waals surface area contributed by atoms with Crippen LogP contribution in [0.15, 0.2) is 12.3 Å². The zero-order valence-corrected chi connectivity index (χ0v) is 15.2. The van der Waals surface area contributed by atoms with Crippen LogP contribution in [0.25, 0.3) is 5.65 Å². The Morgan fingerprint density at radius 1 is 1.31 bits per heavy atom. The van der Waals surface area contributed by atoms with E-state index in [2.05, 4.69) is 21.5 Å². The molecular formula is C20H23N5O. The summed E-state index contributed by atoms with van der Waals surface area (Å²) in [5, 5.41) is 17.3. The van der Waals surface area contributed by atoms with Gasteiger partial charge in [-0.25, -0.2) is 9.50 Å². The molecular weight excluding hydrogens is 326 g/mol. The summed E-state index contributed by atoms with van der Waals surface area (Å²) in [4.78, 5) is 17.5. The minimum Gasteiger partial charge on any atom is -0.349 e. The van der Waals surface area contributed by atoms with Crippen molar-refractivity contribution in [3.8, 4) is 6.07 Å². The van der Waals surface area contributed by atoms with Crippen molar-refractivity contribution >= 4 is 11.6 Å². The van der Waals surface area contributed by atoms with E-state index in [0.29, 0.717) is 29.0 Å². The normalized spacial score (nSPS) is 34.8. The lowest BCUT2D eigenvalue weighted by atomic mass is 9.48. The highest BCUT2D eigenvalue weighted by atomic mass is 16.1. The predicted molar refractivity (Wildman–Crippen MR) is 95.3 cm³/mol. The first kappa shape index (κ1) is 15.8. The van der Waals surface area contributed by atoms with E-state index < -0.39 is 0 Å². The van der Waals surface area contributed by atoms with Gasteiger partial charge >= 0.3 is 0 Å². The second-order valence-corrected chi connectivity index (χ2v) is 8.69. The maximum atomic E-state index is 13.0. The molecule has 6 heteroatoms. The van der Waals surface area contributed by atoms with Crippen LogP contribution in [0.2, 0.25) is 0 Å². The largest absolute Gasteiger partial charge is 0.349 e. The molecule has 0 saturated heterocycles. The average molecular weight is 349 g/mol. The van der Waals surface area contributed by atoms with Crippen LogP contribution in [-0.2, 0) is 0 Å². The highest BCUT2D eigenvalue weighted by molar-refractivity contribution is 5.99. The quantitative estimate of drug-likeness (QED) is 0.904. The van der Waals surface area contributed by atoms with Crippen molar-refractivity contribution in [1.29, 1.82) is 5.26 Å². The molecule has 0 radical (unpaired) electrons. The van der Waals surface area contributed by atoms with Crippen molar-refractivity contribution in [2.24, 2.45) is 23.2 Å². The van der Waals surface area contributed by atoms with E-state index in [-0.39, 0.29) is 17.4 Å². The number of carbonyl (C=O) groups is 1. The molecule has 4 aliphatic carbocycles. The Morgan fingerprint density at radius 3 is 2.73 bits per heavy atom. The summed E-state index contributed by atoms with van der Waals surface area (Å²) in [6.45, 7) is 3.90. The van der Waals surface area contributed by atoms with E-state index in [1.54, 1.807) is 10.7 Å². The lowest BCUT2D eigenvalue weighted by Gasteiger charge is -2.57. The van der Waals surface area contributed by atoms with Gasteiger partial charge in [-0.1, -0.05) is 0 Å². The summed E-state index contributed by atoms with van der Waals surface area (Å²) in [5.74, 6) is 1.46. The van der Waals surface area contributed by atoms with Crippen LogP contribution in [0.4, 0.5) is 0 Å². The Bertz CT molecular complexity index is 939. The molecule has 6 nitrogen and oxygen atoms in total. The Morgan fingerprint density at radius 2 is 2.04 bits per heavy atom. The molecule has 2 heterocycles. The van der Waals surface area contributed by atoms with E-state index in [1.165, 1.54) is 0 Å². The maximum Gasteiger partial charge on any atom is 0.257 e. The second kappa shape index (κ2) is 5.29. The molecule has 4 saturated carbocycles. The smallest absolute Gasteiger partial charge is 0.257 e. The monoisotopic (exact) mass is 349 g/mol. The molecule has 0 aromatic carbocycles. The Kier molecular flexibility index (Phi) is 3.22. The Labute approximate surface area is 152 Å². The maximum absolute atomic E-state index is 13.0. The molecule has 2 aromatic heterocycles. The summed E-state index contributed by atoms with van der Waals surface area (Å²) < 4.78 is 1.73. The van der Waals surface area contributed by atoms with Gasteiger partial charge in [0.05, 0.1) is 17.7 Å². The van der Waals surface area contributed by atoms with Crippen molar-refractivity contribution in [1.82, 2.24) is 19.9 Å². The van der Waals surface area contributed by atoms with Gasteiger partial charge in [0.1, 0.15) is 5.56 Å². The topological polar surface area (TPSA) is 83.1 Å². The highest BCUT2D eigenvalue weighted by Gasteiger charge is 2.56. The van der Waals surface area contributed by atoms with Crippen LogP contribution >= 0.6 is 0 Å². The fourth-order valence-corrected chi connectivity index (χ4v) is 6.06. The second-order valence-electron chi connectivity index (χ2n) is 8.69. The van der Waals surface area contributed by atoms with Crippen LogP contribution < -0.4 is 5.32 Å². The van der Waals surface area contributed by atoms with E-state index >= 15 is 0 Å². The molecule has 1 amide bonds. The number of carbonyl (C=O) groups excluding carboxylic acids is 1. The van der Waals surface area contributed by atoms with Crippen LogP contribution in [0.5, 0.6) is 0 Å². The first-order valence-electron chi connectivity index (χ1n) is 9.52. The lowest BCUT2D eigenvalue weighted by molar-refractivity contribution is -0.0451. The molecule has 2 unspecified atom stereocenters. The van der Waals surface area contributed by atoms with E-state index in [0.717, 1.165) is 43.5 Å². The van der Waals surface area contributed by atoms with Crippen molar-refractivity contribution in [2.45, 2.75) is 52.0 Å². The molecule has 0 spiro atoms. The number of nitriles is 1. The van der Waals surface area contributed by atoms with Gasteiger partial charge in [-0.2, -0.15) is 10.4 Å². The van der Waals surface area contributed by atoms with E-state index in [4.69, 9.17) is 0 Å². The van der Waals surface area contributed by atoms with Crippen LogP contribution in [0, 0.1) is 48.3 Å². The van der Waals surface area contributed by atoms with E-state index in [1.807, 2.05) is 19.9 Å². The Hall–Kier alpha value is -2.42. The first-order valence-corrected chi connectivity index (χ1v) is 9.52. The predicted octanol–water partition coefficient (Wildman–Crippen LogP) is 2.79. The number of amides is 1. The lowest BCUT2D eigenvalue weighted by Crippen LogP contribution is -2.58. The van der Waals surface area contributed by atoms with Crippen molar-refractivity contribution < 1.29 is 4.79 Å². The third-order valence-electron chi connectivity index (χ3n) is 6.83. The molecule has 6 rings (SSSR count). The molecule has 134 valence electrons. The number of nitrogens with zero attached hydrogens (tertiary/aromatic N) is 4. The fraction of sp³-hybridized carbons (Fsp3) is 0.600.